The molecule has 0 heterocycles. The highest BCUT2D eigenvalue weighted by molar-refractivity contribution is 6.06. The van der Waals surface area contributed by atoms with Crippen molar-refractivity contribution in [2.45, 2.75) is 6.92 Å². The van der Waals surface area contributed by atoms with Crippen molar-refractivity contribution >= 4 is 11.6 Å². The van der Waals surface area contributed by atoms with Gasteiger partial charge in [0.25, 0.3) is 5.91 Å². The van der Waals surface area contributed by atoms with Crippen LogP contribution in [0.1, 0.15) is 15.9 Å². The number of hydrogen-bond donors (Lipinski definition) is 4. The van der Waals surface area contributed by atoms with Gasteiger partial charge in [0.05, 0.1) is 5.56 Å². The molecule has 5 heteroatoms. The number of aromatic hydroxyl groups is 3. The zero-order valence-electron chi connectivity index (χ0n) is 10.2. The second-order valence-electron chi connectivity index (χ2n) is 4.11. The van der Waals surface area contributed by atoms with E-state index in [-0.39, 0.29) is 22.8 Å². The summed E-state index contributed by atoms with van der Waals surface area (Å²) in [6.07, 6.45) is 0. The van der Waals surface area contributed by atoms with E-state index in [1.54, 1.807) is 19.1 Å². The van der Waals surface area contributed by atoms with Gasteiger partial charge in [-0.15, -0.1) is 0 Å². The Labute approximate surface area is 109 Å². The van der Waals surface area contributed by atoms with E-state index in [2.05, 4.69) is 5.32 Å². The van der Waals surface area contributed by atoms with Crippen LogP contribution in [-0.4, -0.2) is 21.2 Å². The lowest BCUT2D eigenvalue weighted by Crippen LogP contribution is -2.12. The molecule has 0 aliphatic carbocycles. The minimum Gasteiger partial charge on any atom is -0.508 e. The van der Waals surface area contributed by atoms with E-state index < -0.39 is 5.91 Å². The van der Waals surface area contributed by atoms with Crippen LogP contribution < -0.4 is 5.32 Å². The predicted molar refractivity (Wildman–Crippen MR) is 70.6 cm³/mol. The van der Waals surface area contributed by atoms with Crippen molar-refractivity contribution in [1.29, 1.82) is 0 Å². The van der Waals surface area contributed by atoms with Crippen molar-refractivity contribution in [2.75, 3.05) is 5.32 Å². The molecular formula is C14H13NO4. The van der Waals surface area contributed by atoms with Gasteiger partial charge in [-0.25, -0.2) is 0 Å². The monoisotopic (exact) mass is 259 g/mol. The maximum Gasteiger partial charge on any atom is 0.259 e. The SMILES string of the molecule is Cc1c(O)cccc1NC(=O)c1ccc(O)cc1O. The van der Waals surface area contributed by atoms with Crippen LogP contribution in [0.3, 0.4) is 0 Å². The lowest BCUT2D eigenvalue weighted by atomic mass is 10.1. The third-order valence-corrected chi connectivity index (χ3v) is 2.78. The molecule has 0 aliphatic rings. The molecule has 0 fully saturated rings. The molecule has 5 nitrogen and oxygen atoms in total. The van der Waals surface area contributed by atoms with E-state index in [1.165, 1.54) is 18.2 Å². The summed E-state index contributed by atoms with van der Waals surface area (Å²) in [6, 6.07) is 8.48. The molecule has 0 atom stereocenters. The zero-order chi connectivity index (χ0) is 14.0. The lowest BCUT2D eigenvalue weighted by molar-refractivity contribution is 0.102. The predicted octanol–water partition coefficient (Wildman–Crippen LogP) is 2.36. The first-order valence-electron chi connectivity index (χ1n) is 5.61. The van der Waals surface area contributed by atoms with Crippen molar-refractivity contribution in [3.63, 3.8) is 0 Å². The van der Waals surface area contributed by atoms with Gasteiger partial charge < -0.3 is 20.6 Å². The Morgan fingerprint density at radius 1 is 1.05 bits per heavy atom. The first-order chi connectivity index (χ1) is 8.99. The number of carbonyl (C=O) groups excluding carboxylic acids is 1. The van der Waals surface area contributed by atoms with Crippen molar-refractivity contribution in [3.8, 4) is 17.2 Å². The van der Waals surface area contributed by atoms with Crippen LogP contribution >= 0.6 is 0 Å². The average Bonchev–Trinajstić information content (AvgIpc) is 2.34. The largest absolute Gasteiger partial charge is 0.508 e. The van der Waals surface area contributed by atoms with Crippen molar-refractivity contribution < 1.29 is 20.1 Å². The molecule has 19 heavy (non-hydrogen) atoms. The number of rotatable bonds is 2. The smallest absolute Gasteiger partial charge is 0.259 e. The summed E-state index contributed by atoms with van der Waals surface area (Å²) in [5.74, 6) is -0.878. The van der Waals surface area contributed by atoms with Gasteiger partial charge in [-0.2, -0.15) is 0 Å². The van der Waals surface area contributed by atoms with Gasteiger partial charge in [0, 0.05) is 17.3 Å². The van der Waals surface area contributed by atoms with Crippen LogP contribution in [0.4, 0.5) is 5.69 Å². The van der Waals surface area contributed by atoms with Gasteiger partial charge >= 0.3 is 0 Å². The molecule has 98 valence electrons. The maximum atomic E-state index is 12.0. The quantitative estimate of drug-likeness (QED) is 0.666. The molecule has 4 N–H and O–H groups in total. The van der Waals surface area contributed by atoms with Gasteiger partial charge in [-0.1, -0.05) is 6.07 Å². The highest BCUT2D eigenvalue weighted by Gasteiger charge is 2.13. The zero-order valence-corrected chi connectivity index (χ0v) is 10.2. The molecule has 2 aromatic carbocycles. The minimum absolute atomic E-state index is 0.0422. The van der Waals surface area contributed by atoms with Gasteiger partial charge in [0.2, 0.25) is 0 Å². The van der Waals surface area contributed by atoms with Crippen LogP contribution in [0.15, 0.2) is 36.4 Å². The average molecular weight is 259 g/mol. The lowest BCUT2D eigenvalue weighted by Gasteiger charge is -2.10. The number of amides is 1. The minimum atomic E-state index is -0.522. The van der Waals surface area contributed by atoms with Crippen LogP contribution in [0.5, 0.6) is 17.2 Å². The van der Waals surface area contributed by atoms with Crippen LogP contribution in [-0.2, 0) is 0 Å². The summed E-state index contributed by atoms with van der Waals surface area (Å²) in [4.78, 5) is 12.0. The second-order valence-corrected chi connectivity index (χ2v) is 4.11. The van der Waals surface area contributed by atoms with Gasteiger partial charge in [-0.05, 0) is 31.2 Å². The fourth-order valence-corrected chi connectivity index (χ4v) is 1.66. The van der Waals surface area contributed by atoms with Crippen LogP contribution in [0.25, 0.3) is 0 Å². The summed E-state index contributed by atoms with van der Waals surface area (Å²) >= 11 is 0. The standard InChI is InChI=1S/C14H13NO4/c1-8-11(3-2-4-12(8)17)15-14(19)10-6-5-9(16)7-13(10)18/h2-7,16-18H,1H3,(H,15,19). The highest BCUT2D eigenvalue weighted by atomic mass is 16.3. The van der Waals surface area contributed by atoms with Gasteiger partial charge in [-0.3, -0.25) is 4.79 Å². The Hall–Kier alpha value is -2.69. The molecule has 0 bridgehead atoms. The fraction of sp³-hybridized carbons (Fsp3) is 0.0714. The number of phenolic OH excluding ortho intramolecular Hbond substituents is 3. The molecule has 0 aliphatic heterocycles. The number of phenols is 3. The maximum absolute atomic E-state index is 12.0. The molecule has 0 radical (unpaired) electrons. The summed E-state index contributed by atoms with van der Waals surface area (Å²) in [5.41, 5.74) is 1.03. The van der Waals surface area contributed by atoms with Crippen molar-refractivity contribution in [1.82, 2.24) is 0 Å². The molecule has 0 unspecified atom stereocenters. The first kappa shape index (κ1) is 12.8. The Morgan fingerprint density at radius 3 is 2.47 bits per heavy atom. The Balaban J connectivity index is 2.28. The van der Waals surface area contributed by atoms with Crippen LogP contribution in [0, 0.1) is 6.92 Å². The van der Waals surface area contributed by atoms with E-state index in [1.807, 2.05) is 0 Å². The van der Waals surface area contributed by atoms with Gasteiger partial charge in [0.1, 0.15) is 17.2 Å². The normalized spacial score (nSPS) is 10.2. The molecule has 0 aromatic heterocycles. The van der Waals surface area contributed by atoms with Crippen molar-refractivity contribution in [2.24, 2.45) is 0 Å². The van der Waals surface area contributed by atoms with Gasteiger partial charge in [0.15, 0.2) is 0 Å². The number of benzene rings is 2. The van der Waals surface area contributed by atoms with E-state index in [0.29, 0.717) is 11.3 Å². The molecular weight excluding hydrogens is 246 g/mol. The molecule has 0 saturated carbocycles. The number of carbonyl (C=O) groups is 1. The molecule has 0 saturated heterocycles. The topological polar surface area (TPSA) is 89.8 Å². The third kappa shape index (κ3) is 2.60. The summed E-state index contributed by atoms with van der Waals surface area (Å²) in [5, 5.41) is 30.9. The molecule has 2 aromatic rings. The number of hydrogen-bond acceptors (Lipinski definition) is 4. The summed E-state index contributed by atoms with van der Waals surface area (Å²) in [6.45, 7) is 1.67. The number of nitrogens with one attached hydrogen (secondary N) is 1. The van der Waals surface area contributed by atoms with Crippen molar-refractivity contribution in [3.05, 3.63) is 47.5 Å². The van der Waals surface area contributed by atoms with E-state index in [4.69, 9.17) is 5.11 Å². The molecule has 2 rings (SSSR count). The second kappa shape index (κ2) is 4.89. The Bertz CT molecular complexity index is 637. The third-order valence-electron chi connectivity index (χ3n) is 2.78. The first-order valence-corrected chi connectivity index (χ1v) is 5.61. The fourth-order valence-electron chi connectivity index (χ4n) is 1.66. The number of anilines is 1. The molecule has 1 amide bonds. The highest BCUT2D eigenvalue weighted by Crippen LogP contribution is 2.27. The summed E-state index contributed by atoms with van der Waals surface area (Å²) in [7, 11) is 0. The van der Waals surface area contributed by atoms with E-state index >= 15 is 0 Å². The summed E-state index contributed by atoms with van der Waals surface area (Å²) < 4.78 is 0. The Kier molecular flexibility index (Phi) is 3.29. The van der Waals surface area contributed by atoms with Crippen LogP contribution in [0.2, 0.25) is 0 Å². The van der Waals surface area contributed by atoms with E-state index in [9.17, 15) is 15.0 Å². The Morgan fingerprint density at radius 2 is 1.79 bits per heavy atom. The van der Waals surface area contributed by atoms with E-state index in [0.717, 1.165) is 6.07 Å². The molecule has 0 spiro atoms.